The maximum absolute atomic E-state index is 13.4. The van der Waals surface area contributed by atoms with Gasteiger partial charge in [-0.3, -0.25) is 9.59 Å². The first kappa shape index (κ1) is 22.2. The quantitative estimate of drug-likeness (QED) is 0.305. The molecule has 3 aliphatic carbocycles. The van der Waals surface area contributed by atoms with E-state index in [-0.39, 0.29) is 34.5 Å². The van der Waals surface area contributed by atoms with E-state index in [2.05, 4.69) is 0 Å². The van der Waals surface area contributed by atoms with Crippen molar-refractivity contribution in [2.24, 2.45) is 11.8 Å². The molecule has 33 heavy (non-hydrogen) atoms. The van der Waals surface area contributed by atoms with Gasteiger partial charge in [0.25, 0.3) is 0 Å². The topological polar surface area (TPSA) is 86.5 Å². The summed E-state index contributed by atoms with van der Waals surface area (Å²) in [6, 6.07) is 8.43. The smallest absolute Gasteiger partial charge is 0.340 e. The van der Waals surface area contributed by atoms with Crippen LogP contribution < -0.4 is 5.73 Å². The van der Waals surface area contributed by atoms with Gasteiger partial charge in [-0.1, -0.05) is 56.9 Å². The van der Waals surface area contributed by atoms with Crippen LogP contribution in [0.3, 0.4) is 0 Å². The monoisotopic (exact) mass is 463 g/mol. The number of fused-ring (bicyclic) bond motifs is 3. The molecule has 0 aliphatic heterocycles. The fourth-order valence-corrected chi connectivity index (χ4v) is 6.72. The lowest BCUT2D eigenvalue weighted by molar-refractivity contribution is -0.000861. The fourth-order valence-electron chi connectivity index (χ4n) is 5.87. The van der Waals surface area contributed by atoms with Crippen molar-refractivity contribution in [1.29, 1.82) is 0 Å². The van der Waals surface area contributed by atoms with Gasteiger partial charge >= 0.3 is 5.97 Å². The van der Waals surface area contributed by atoms with Crippen LogP contribution in [0.4, 0.5) is 5.69 Å². The van der Waals surface area contributed by atoms with Crippen molar-refractivity contribution in [2.75, 3.05) is 11.5 Å². The Morgan fingerprint density at radius 1 is 1.00 bits per heavy atom. The summed E-state index contributed by atoms with van der Waals surface area (Å²) >= 11 is 1.44. The summed E-state index contributed by atoms with van der Waals surface area (Å²) in [5, 5.41) is 0. The number of ketones is 2. The fraction of sp³-hybridized carbons (Fsp3) is 0.444. The van der Waals surface area contributed by atoms with E-state index in [1.807, 2.05) is 6.92 Å². The predicted molar refractivity (Wildman–Crippen MR) is 129 cm³/mol. The highest BCUT2D eigenvalue weighted by atomic mass is 32.2. The minimum Gasteiger partial charge on any atom is -0.459 e. The lowest BCUT2D eigenvalue weighted by Gasteiger charge is -2.38. The maximum Gasteiger partial charge on any atom is 0.340 e. The summed E-state index contributed by atoms with van der Waals surface area (Å²) in [7, 11) is 0. The van der Waals surface area contributed by atoms with Crippen LogP contribution in [-0.4, -0.2) is 29.4 Å². The van der Waals surface area contributed by atoms with Gasteiger partial charge in [0.1, 0.15) is 6.10 Å². The lowest BCUT2D eigenvalue weighted by atomic mass is 9.70. The Morgan fingerprint density at radius 2 is 1.67 bits per heavy atom. The number of nitrogen functional groups attached to an aromatic ring is 1. The van der Waals surface area contributed by atoms with Gasteiger partial charge in [-0.05, 0) is 42.9 Å². The first-order chi connectivity index (χ1) is 16.0. The number of benzene rings is 2. The molecule has 2 fully saturated rings. The number of rotatable bonds is 4. The number of ether oxygens (including phenoxy) is 1. The number of hydrogen-bond donors (Lipinski definition) is 1. The largest absolute Gasteiger partial charge is 0.459 e. The first-order valence-electron chi connectivity index (χ1n) is 12.0. The van der Waals surface area contributed by atoms with E-state index >= 15 is 0 Å². The molecule has 2 aromatic carbocycles. The average Bonchev–Trinajstić information content (AvgIpc) is 2.83. The molecular formula is C27H29NO4S. The molecule has 3 unspecified atom stereocenters. The van der Waals surface area contributed by atoms with Crippen molar-refractivity contribution < 1.29 is 19.1 Å². The molecule has 0 bridgehead atoms. The van der Waals surface area contributed by atoms with Gasteiger partial charge in [-0.25, -0.2) is 4.79 Å². The van der Waals surface area contributed by atoms with Crippen LogP contribution in [0.25, 0.3) is 0 Å². The van der Waals surface area contributed by atoms with Crippen LogP contribution in [0.1, 0.15) is 94.1 Å². The maximum atomic E-state index is 13.4. The zero-order valence-corrected chi connectivity index (χ0v) is 19.7. The number of anilines is 1. The van der Waals surface area contributed by atoms with E-state index < -0.39 is 5.97 Å². The molecule has 2 saturated carbocycles. The van der Waals surface area contributed by atoms with E-state index in [0.29, 0.717) is 33.3 Å². The Morgan fingerprint density at radius 3 is 2.36 bits per heavy atom. The SMILES string of the molecule is CCSc1cc(C(=O)OC2CCC3CCCCC3C2)c(N)c2c1C(=O)c1ccccc1C2=O. The molecule has 0 saturated heterocycles. The predicted octanol–water partition coefficient (Wildman–Crippen LogP) is 5.67. The van der Waals surface area contributed by atoms with Gasteiger partial charge in [0.2, 0.25) is 0 Å². The van der Waals surface area contributed by atoms with Crippen molar-refractivity contribution in [1.82, 2.24) is 0 Å². The molecule has 0 amide bonds. The van der Waals surface area contributed by atoms with Crippen molar-refractivity contribution in [3.8, 4) is 0 Å². The molecule has 172 valence electrons. The van der Waals surface area contributed by atoms with E-state index in [4.69, 9.17) is 10.5 Å². The minimum atomic E-state index is -0.494. The number of esters is 1. The van der Waals surface area contributed by atoms with E-state index in [0.717, 1.165) is 25.2 Å². The van der Waals surface area contributed by atoms with Crippen LogP contribution in [0.2, 0.25) is 0 Å². The molecule has 5 rings (SSSR count). The third-order valence-electron chi connectivity index (χ3n) is 7.49. The zero-order valence-electron chi connectivity index (χ0n) is 18.9. The van der Waals surface area contributed by atoms with Crippen molar-refractivity contribution >= 4 is 35.0 Å². The molecule has 2 aromatic rings. The van der Waals surface area contributed by atoms with Crippen LogP contribution in [0, 0.1) is 11.8 Å². The van der Waals surface area contributed by atoms with Crippen LogP contribution in [-0.2, 0) is 4.74 Å². The highest BCUT2D eigenvalue weighted by Crippen LogP contribution is 2.42. The molecule has 5 nitrogen and oxygen atoms in total. The van der Waals surface area contributed by atoms with Gasteiger partial charge in [-0.15, -0.1) is 11.8 Å². The summed E-state index contributed by atoms with van der Waals surface area (Å²) in [6.07, 6.45) is 7.84. The van der Waals surface area contributed by atoms with Crippen molar-refractivity contribution in [3.63, 3.8) is 0 Å². The Bertz CT molecular complexity index is 1140. The summed E-state index contributed by atoms with van der Waals surface area (Å²) in [4.78, 5) is 40.5. The van der Waals surface area contributed by atoms with Crippen molar-refractivity contribution in [3.05, 3.63) is 58.1 Å². The van der Waals surface area contributed by atoms with Crippen molar-refractivity contribution in [2.45, 2.75) is 62.9 Å². The normalized spacial score (nSPS) is 24.0. The Kier molecular flexibility index (Phi) is 6.04. The number of thioether (sulfide) groups is 1. The second-order valence-electron chi connectivity index (χ2n) is 9.37. The molecule has 3 atom stereocenters. The Labute approximate surface area is 198 Å². The van der Waals surface area contributed by atoms with E-state index in [1.54, 1.807) is 30.3 Å². The van der Waals surface area contributed by atoms with Crippen LogP contribution in [0.5, 0.6) is 0 Å². The van der Waals surface area contributed by atoms with Crippen LogP contribution >= 0.6 is 11.8 Å². The van der Waals surface area contributed by atoms with E-state index in [1.165, 1.54) is 37.4 Å². The van der Waals surface area contributed by atoms with Crippen LogP contribution in [0.15, 0.2) is 35.2 Å². The van der Waals surface area contributed by atoms with Gasteiger partial charge < -0.3 is 10.5 Å². The summed E-state index contributed by atoms with van der Waals surface area (Å²) in [5.41, 5.74) is 7.81. The standard InChI is InChI=1S/C27H29NO4S/c1-2-33-21-14-20(27(31)32-17-12-11-15-7-3-4-8-16(15)13-17)24(28)23-22(21)25(29)18-9-5-6-10-19(18)26(23)30/h5-6,9-10,14-17H,2-4,7-8,11-13,28H2,1H3. The molecule has 2 N–H and O–H groups in total. The number of carbonyl (C=O) groups is 3. The molecular weight excluding hydrogens is 434 g/mol. The lowest BCUT2D eigenvalue weighted by Crippen LogP contribution is -2.33. The second kappa shape index (κ2) is 8.98. The average molecular weight is 464 g/mol. The number of nitrogens with two attached hydrogens (primary N) is 1. The molecule has 0 aromatic heterocycles. The molecule has 3 aliphatic rings. The summed E-state index contributed by atoms with van der Waals surface area (Å²) in [6.45, 7) is 1.97. The minimum absolute atomic E-state index is 0.0506. The Balaban J connectivity index is 1.49. The van der Waals surface area contributed by atoms with Gasteiger partial charge in [-0.2, -0.15) is 0 Å². The third kappa shape index (κ3) is 3.88. The third-order valence-corrected chi connectivity index (χ3v) is 8.41. The van der Waals surface area contributed by atoms with E-state index in [9.17, 15) is 14.4 Å². The van der Waals surface area contributed by atoms with Gasteiger partial charge in [0.15, 0.2) is 11.6 Å². The second-order valence-corrected chi connectivity index (χ2v) is 10.7. The number of hydrogen-bond acceptors (Lipinski definition) is 6. The molecule has 0 spiro atoms. The van der Waals surface area contributed by atoms with Gasteiger partial charge in [0.05, 0.1) is 16.8 Å². The Hall–Kier alpha value is -2.60. The molecule has 0 radical (unpaired) electrons. The molecule has 6 heteroatoms. The summed E-state index contributed by atoms with van der Waals surface area (Å²) < 4.78 is 5.94. The highest BCUT2D eigenvalue weighted by Gasteiger charge is 2.37. The highest BCUT2D eigenvalue weighted by molar-refractivity contribution is 7.99. The van der Waals surface area contributed by atoms with Gasteiger partial charge in [0, 0.05) is 21.6 Å². The first-order valence-corrected chi connectivity index (χ1v) is 13.0. The molecule has 0 heterocycles. The number of carbonyl (C=O) groups excluding carboxylic acids is 3. The summed E-state index contributed by atoms with van der Waals surface area (Å²) in [5.74, 6) is 1.06. The zero-order chi connectivity index (χ0) is 23.1.